The highest BCUT2D eigenvalue weighted by atomic mass is 16.5. The van der Waals surface area contributed by atoms with Gasteiger partial charge < -0.3 is 14.9 Å². The first-order valence-corrected chi connectivity index (χ1v) is 3.81. The van der Waals surface area contributed by atoms with Crippen LogP contribution in [0.1, 0.15) is 10.4 Å². The summed E-state index contributed by atoms with van der Waals surface area (Å²) in [4.78, 5) is 11.1. The Hall–Kier alpha value is -1.55. The molecule has 0 aliphatic heterocycles. The van der Waals surface area contributed by atoms with Crippen molar-refractivity contribution in [3.05, 3.63) is 29.8 Å². The van der Waals surface area contributed by atoms with Crippen LogP contribution in [0.25, 0.3) is 0 Å². The summed E-state index contributed by atoms with van der Waals surface area (Å²) in [5.74, 6) is -0.409. The van der Waals surface area contributed by atoms with Crippen LogP contribution in [0.15, 0.2) is 24.3 Å². The SMILES string of the molecule is O=C(OCCO)c1ccc(O)cc1. The third-order valence-electron chi connectivity index (χ3n) is 1.43. The van der Waals surface area contributed by atoms with Crippen molar-refractivity contribution >= 4 is 5.97 Å². The Bertz CT molecular complexity index is 278. The smallest absolute Gasteiger partial charge is 0.338 e. The van der Waals surface area contributed by atoms with E-state index in [9.17, 15) is 4.79 Å². The van der Waals surface area contributed by atoms with Crippen molar-refractivity contribution in [2.24, 2.45) is 0 Å². The lowest BCUT2D eigenvalue weighted by molar-refractivity contribution is 0.0434. The molecule has 0 heterocycles. The quantitative estimate of drug-likeness (QED) is 0.669. The van der Waals surface area contributed by atoms with Crippen LogP contribution in [-0.2, 0) is 4.74 Å². The van der Waals surface area contributed by atoms with Crippen molar-refractivity contribution < 1.29 is 19.7 Å². The summed E-state index contributed by atoms with van der Waals surface area (Å²) in [6.07, 6.45) is 0. The largest absolute Gasteiger partial charge is 0.508 e. The summed E-state index contributed by atoms with van der Waals surface area (Å²) in [6, 6.07) is 5.70. The highest BCUT2D eigenvalue weighted by Crippen LogP contribution is 2.10. The number of aliphatic hydroxyl groups excluding tert-OH is 1. The zero-order chi connectivity index (χ0) is 9.68. The molecule has 70 valence electrons. The van der Waals surface area contributed by atoms with Crippen molar-refractivity contribution in [2.75, 3.05) is 13.2 Å². The number of esters is 1. The second-order valence-electron chi connectivity index (χ2n) is 2.41. The number of carbonyl (C=O) groups is 1. The number of aliphatic hydroxyl groups is 1. The van der Waals surface area contributed by atoms with E-state index < -0.39 is 5.97 Å². The molecule has 0 spiro atoms. The first-order valence-electron chi connectivity index (χ1n) is 3.81. The molecule has 0 unspecified atom stereocenters. The number of rotatable bonds is 3. The van der Waals surface area contributed by atoms with E-state index in [4.69, 9.17) is 10.2 Å². The fourth-order valence-electron chi connectivity index (χ4n) is 0.819. The van der Waals surface area contributed by atoms with Crippen LogP contribution in [-0.4, -0.2) is 29.4 Å². The number of benzene rings is 1. The van der Waals surface area contributed by atoms with Gasteiger partial charge in [-0.05, 0) is 24.3 Å². The van der Waals surface area contributed by atoms with Crippen molar-refractivity contribution in [1.29, 1.82) is 0 Å². The van der Waals surface area contributed by atoms with Crippen molar-refractivity contribution in [1.82, 2.24) is 0 Å². The van der Waals surface area contributed by atoms with E-state index in [1.54, 1.807) is 0 Å². The summed E-state index contributed by atoms with van der Waals surface area (Å²) < 4.78 is 4.65. The van der Waals surface area contributed by atoms with Gasteiger partial charge in [-0.3, -0.25) is 0 Å². The van der Waals surface area contributed by atoms with Gasteiger partial charge in [0.15, 0.2) is 0 Å². The second-order valence-corrected chi connectivity index (χ2v) is 2.41. The first-order chi connectivity index (χ1) is 6.24. The normalized spacial score (nSPS) is 9.62. The number of hydrogen-bond acceptors (Lipinski definition) is 4. The Morgan fingerprint density at radius 2 is 1.92 bits per heavy atom. The molecule has 0 saturated heterocycles. The molecular weight excluding hydrogens is 172 g/mol. The topological polar surface area (TPSA) is 66.8 Å². The summed E-state index contributed by atoms with van der Waals surface area (Å²) in [5.41, 5.74) is 0.353. The molecule has 0 aliphatic rings. The van der Waals surface area contributed by atoms with E-state index in [2.05, 4.69) is 4.74 Å². The Labute approximate surface area is 75.4 Å². The van der Waals surface area contributed by atoms with Crippen LogP contribution in [0, 0.1) is 0 Å². The van der Waals surface area contributed by atoms with Gasteiger partial charge >= 0.3 is 5.97 Å². The lowest BCUT2D eigenvalue weighted by Crippen LogP contribution is -2.08. The summed E-state index contributed by atoms with van der Waals surface area (Å²) >= 11 is 0. The van der Waals surface area contributed by atoms with Crippen LogP contribution >= 0.6 is 0 Å². The minimum absolute atomic E-state index is 0.0142. The number of phenolic OH excluding ortho intramolecular Hbond substituents is 1. The zero-order valence-electron chi connectivity index (χ0n) is 6.93. The van der Waals surface area contributed by atoms with Gasteiger partial charge in [0.2, 0.25) is 0 Å². The molecule has 4 nitrogen and oxygen atoms in total. The van der Waals surface area contributed by atoms with Gasteiger partial charge in [0, 0.05) is 0 Å². The van der Waals surface area contributed by atoms with Crippen molar-refractivity contribution in [3.63, 3.8) is 0 Å². The van der Waals surface area contributed by atoms with E-state index in [-0.39, 0.29) is 19.0 Å². The van der Waals surface area contributed by atoms with Crippen LogP contribution in [0.3, 0.4) is 0 Å². The maximum Gasteiger partial charge on any atom is 0.338 e. The van der Waals surface area contributed by atoms with E-state index in [1.165, 1.54) is 24.3 Å². The lowest BCUT2D eigenvalue weighted by atomic mass is 10.2. The van der Waals surface area contributed by atoms with Crippen LogP contribution in [0.4, 0.5) is 0 Å². The fraction of sp³-hybridized carbons (Fsp3) is 0.222. The summed E-state index contributed by atoms with van der Waals surface area (Å²) in [6.45, 7) is -0.205. The minimum Gasteiger partial charge on any atom is -0.508 e. The Kier molecular flexibility index (Phi) is 3.28. The van der Waals surface area contributed by atoms with Gasteiger partial charge in [-0.25, -0.2) is 4.79 Å². The first kappa shape index (κ1) is 9.54. The Morgan fingerprint density at radius 3 is 2.46 bits per heavy atom. The molecule has 2 N–H and O–H groups in total. The molecule has 0 aromatic heterocycles. The Morgan fingerprint density at radius 1 is 1.31 bits per heavy atom. The monoisotopic (exact) mass is 182 g/mol. The molecule has 1 aromatic rings. The highest BCUT2D eigenvalue weighted by Gasteiger charge is 2.05. The number of hydrogen-bond donors (Lipinski definition) is 2. The maximum atomic E-state index is 11.1. The standard InChI is InChI=1S/C9H10O4/c10-5-6-13-9(12)7-1-3-8(11)4-2-7/h1-4,10-11H,5-6H2. The molecule has 1 aromatic carbocycles. The molecule has 0 atom stereocenters. The van der Waals surface area contributed by atoms with Gasteiger partial charge in [0.25, 0.3) is 0 Å². The highest BCUT2D eigenvalue weighted by molar-refractivity contribution is 5.89. The van der Waals surface area contributed by atoms with Crippen molar-refractivity contribution in [3.8, 4) is 5.75 Å². The molecule has 1 rings (SSSR count). The van der Waals surface area contributed by atoms with Crippen LogP contribution in [0.2, 0.25) is 0 Å². The number of phenols is 1. The summed E-state index contributed by atoms with van der Waals surface area (Å²) in [5, 5.41) is 17.3. The third kappa shape index (κ3) is 2.76. The van der Waals surface area contributed by atoms with E-state index in [0.29, 0.717) is 5.56 Å². The van der Waals surface area contributed by atoms with E-state index in [1.807, 2.05) is 0 Å². The maximum absolute atomic E-state index is 11.1. The molecule has 0 saturated carbocycles. The van der Waals surface area contributed by atoms with E-state index >= 15 is 0 Å². The van der Waals surface area contributed by atoms with Gasteiger partial charge in [0.05, 0.1) is 12.2 Å². The fourth-order valence-corrected chi connectivity index (χ4v) is 0.819. The second kappa shape index (κ2) is 4.47. The number of ether oxygens (including phenoxy) is 1. The number of carbonyl (C=O) groups excluding carboxylic acids is 1. The molecule has 13 heavy (non-hydrogen) atoms. The Balaban J connectivity index is 2.61. The molecule has 0 amide bonds. The van der Waals surface area contributed by atoms with Gasteiger partial charge in [-0.1, -0.05) is 0 Å². The average molecular weight is 182 g/mol. The molecule has 0 radical (unpaired) electrons. The van der Waals surface area contributed by atoms with Crippen LogP contribution in [0.5, 0.6) is 5.75 Å². The molecule has 0 fully saturated rings. The summed E-state index contributed by atoms with van der Waals surface area (Å²) in [7, 11) is 0. The molecule has 0 aliphatic carbocycles. The zero-order valence-corrected chi connectivity index (χ0v) is 6.93. The molecule has 4 heteroatoms. The van der Waals surface area contributed by atoms with Crippen LogP contribution < -0.4 is 0 Å². The predicted octanol–water partition coefficient (Wildman–Crippen LogP) is 0.541. The molecular formula is C9H10O4. The average Bonchev–Trinajstić information content (AvgIpc) is 2.15. The van der Waals surface area contributed by atoms with Gasteiger partial charge in [-0.2, -0.15) is 0 Å². The van der Waals surface area contributed by atoms with E-state index in [0.717, 1.165) is 0 Å². The third-order valence-corrected chi connectivity index (χ3v) is 1.43. The predicted molar refractivity (Wildman–Crippen MR) is 45.5 cm³/mol. The van der Waals surface area contributed by atoms with Crippen molar-refractivity contribution in [2.45, 2.75) is 0 Å². The van der Waals surface area contributed by atoms with Gasteiger partial charge in [0.1, 0.15) is 12.4 Å². The molecule has 0 bridgehead atoms. The number of aromatic hydroxyl groups is 1. The lowest BCUT2D eigenvalue weighted by Gasteiger charge is -2.01. The minimum atomic E-state index is -0.506. The van der Waals surface area contributed by atoms with Gasteiger partial charge in [-0.15, -0.1) is 0 Å².